The molecule has 0 atom stereocenters. The predicted molar refractivity (Wildman–Crippen MR) is 55.4 cm³/mol. The van der Waals surface area contributed by atoms with Crippen LogP contribution in [0.5, 0.6) is 0 Å². The fourth-order valence-corrected chi connectivity index (χ4v) is 1.76. The molecule has 0 saturated heterocycles. The van der Waals surface area contributed by atoms with E-state index in [1.54, 1.807) is 12.1 Å². The van der Waals surface area contributed by atoms with Crippen LogP contribution in [0.1, 0.15) is 27.6 Å². The van der Waals surface area contributed by atoms with Crippen molar-refractivity contribution in [2.24, 2.45) is 0 Å². The van der Waals surface area contributed by atoms with Gasteiger partial charge in [-0.25, -0.2) is 4.79 Å². The van der Waals surface area contributed by atoms with Crippen LogP contribution < -0.4 is 0 Å². The summed E-state index contributed by atoms with van der Waals surface area (Å²) in [6.45, 7) is 1.36. The van der Waals surface area contributed by atoms with Crippen molar-refractivity contribution in [3.05, 3.63) is 46.5 Å². The number of carbonyl (C=O) groups excluding carboxylic acids is 2. The van der Waals surface area contributed by atoms with Crippen molar-refractivity contribution in [1.82, 2.24) is 0 Å². The Labute approximate surface area is 91.2 Å². The zero-order valence-corrected chi connectivity index (χ0v) is 8.48. The molecule has 1 aromatic rings. The molecule has 0 saturated carbocycles. The number of Topliss-reactive ketones (excluding diaryl/α,β-unsaturated/α-hetero) is 2. The van der Waals surface area contributed by atoms with E-state index in [4.69, 9.17) is 5.11 Å². The molecule has 1 aromatic carbocycles. The number of hydrogen-bond donors (Lipinski definition) is 1. The summed E-state index contributed by atoms with van der Waals surface area (Å²) < 4.78 is 0. The van der Waals surface area contributed by atoms with Crippen molar-refractivity contribution in [1.29, 1.82) is 0 Å². The molecule has 1 aliphatic carbocycles. The first-order valence-corrected chi connectivity index (χ1v) is 4.66. The average Bonchev–Trinajstić information content (AvgIpc) is 2.26. The first-order valence-electron chi connectivity index (χ1n) is 4.66. The van der Waals surface area contributed by atoms with Gasteiger partial charge in [0.05, 0.1) is 0 Å². The Kier molecular flexibility index (Phi) is 2.20. The van der Waals surface area contributed by atoms with Crippen LogP contribution in [-0.2, 0) is 4.79 Å². The number of ketones is 2. The third kappa shape index (κ3) is 1.27. The van der Waals surface area contributed by atoms with E-state index in [2.05, 4.69) is 0 Å². The number of carbonyl (C=O) groups is 3. The van der Waals surface area contributed by atoms with Crippen LogP contribution >= 0.6 is 0 Å². The fourth-order valence-electron chi connectivity index (χ4n) is 1.76. The number of benzene rings is 1. The van der Waals surface area contributed by atoms with Crippen molar-refractivity contribution in [3.8, 4) is 0 Å². The molecule has 0 fully saturated rings. The summed E-state index contributed by atoms with van der Waals surface area (Å²) in [6, 6.07) is 6.23. The molecule has 0 heterocycles. The summed E-state index contributed by atoms with van der Waals surface area (Å²) in [5, 5.41) is 8.89. The van der Waals surface area contributed by atoms with Gasteiger partial charge in [-0.15, -0.1) is 0 Å². The molecule has 0 unspecified atom stereocenters. The maximum atomic E-state index is 11.8. The second kappa shape index (κ2) is 3.41. The van der Waals surface area contributed by atoms with Crippen molar-refractivity contribution < 1.29 is 19.5 Å². The van der Waals surface area contributed by atoms with E-state index in [9.17, 15) is 14.4 Å². The normalized spacial score (nSPS) is 15.1. The van der Waals surface area contributed by atoms with Crippen LogP contribution in [0.4, 0.5) is 0 Å². The fraction of sp³-hybridized carbons (Fsp3) is 0.0833. The number of hydrogen-bond acceptors (Lipinski definition) is 3. The molecule has 16 heavy (non-hydrogen) atoms. The maximum absolute atomic E-state index is 11.8. The van der Waals surface area contributed by atoms with Gasteiger partial charge in [-0.3, -0.25) is 9.59 Å². The largest absolute Gasteiger partial charge is 0.478 e. The van der Waals surface area contributed by atoms with Crippen LogP contribution in [0.25, 0.3) is 0 Å². The second-order valence-corrected chi connectivity index (χ2v) is 3.51. The Morgan fingerprint density at radius 2 is 1.56 bits per heavy atom. The van der Waals surface area contributed by atoms with Crippen molar-refractivity contribution in [2.75, 3.05) is 0 Å². The van der Waals surface area contributed by atoms with E-state index in [1.165, 1.54) is 19.1 Å². The molecule has 0 radical (unpaired) electrons. The third-order valence-corrected chi connectivity index (χ3v) is 2.57. The highest BCUT2D eigenvalue weighted by Gasteiger charge is 2.33. The minimum Gasteiger partial charge on any atom is -0.478 e. The minimum absolute atomic E-state index is 0.00352. The van der Waals surface area contributed by atoms with Gasteiger partial charge in [0.1, 0.15) is 5.57 Å². The van der Waals surface area contributed by atoms with Crippen molar-refractivity contribution in [3.63, 3.8) is 0 Å². The molecule has 1 N–H and O–H groups in total. The van der Waals surface area contributed by atoms with E-state index in [0.29, 0.717) is 0 Å². The summed E-state index contributed by atoms with van der Waals surface area (Å²) in [7, 11) is 0. The topological polar surface area (TPSA) is 71.4 Å². The molecule has 0 aromatic heterocycles. The number of carboxylic acid groups (broad SMARTS) is 1. The highest BCUT2D eigenvalue weighted by molar-refractivity contribution is 6.35. The molecule has 80 valence electrons. The molecule has 4 nitrogen and oxygen atoms in total. The van der Waals surface area contributed by atoms with Crippen LogP contribution in [0, 0.1) is 0 Å². The predicted octanol–water partition coefficient (Wildman–Crippen LogP) is 1.47. The zero-order chi connectivity index (χ0) is 11.9. The lowest BCUT2D eigenvalue weighted by atomic mass is 9.85. The molecule has 4 heteroatoms. The monoisotopic (exact) mass is 216 g/mol. The van der Waals surface area contributed by atoms with Crippen LogP contribution in [-0.4, -0.2) is 22.6 Å². The minimum atomic E-state index is -1.36. The Bertz CT molecular complexity index is 552. The third-order valence-electron chi connectivity index (χ3n) is 2.57. The van der Waals surface area contributed by atoms with Crippen LogP contribution in [0.2, 0.25) is 0 Å². The van der Waals surface area contributed by atoms with Gasteiger partial charge in [0.25, 0.3) is 0 Å². The summed E-state index contributed by atoms with van der Waals surface area (Å²) >= 11 is 0. The molecule has 2 rings (SSSR count). The van der Waals surface area contributed by atoms with Gasteiger partial charge in [-0.1, -0.05) is 24.3 Å². The smallest absolute Gasteiger partial charge is 0.340 e. The average molecular weight is 216 g/mol. The first kappa shape index (κ1) is 10.3. The lowest BCUT2D eigenvalue weighted by Crippen LogP contribution is -2.25. The molecule has 0 spiro atoms. The highest BCUT2D eigenvalue weighted by Crippen LogP contribution is 2.25. The van der Waals surface area contributed by atoms with Crippen LogP contribution in [0.15, 0.2) is 35.4 Å². The Morgan fingerprint density at radius 1 is 1.06 bits per heavy atom. The van der Waals surface area contributed by atoms with E-state index in [0.717, 1.165) is 0 Å². The highest BCUT2D eigenvalue weighted by atomic mass is 16.4. The molecule has 1 aliphatic rings. The molecular formula is C12H8O4. The van der Waals surface area contributed by atoms with E-state index >= 15 is 0 Å². The van der Waals surface area contributed by atoms with E-state index in [-0.39, 0.29) is 16.7 Å². The lowest BCUT2D eigenvalue weighted by molar-refractivity contribution is -0.132. The lowest BCUT2D eigenvalue weighted by Gasteiger charge is -2.15. The first-order chi connectivity index (χ1) is 7.54. The van der Waals surface area contributed by atoms with Gasteiger partial charge >= 0.3 is 5.97 Å². The zero-order valence-electron chi connectivity index (χ0n) is 8.48. The van der Waals surface area contributed by atoms with Crippen molar-refractivity contribution >= 4 is 17.5 Å². The molecule has 0 amide bonds. The van der Waals surface area contributed by atoms with Gasteiger partial charge < -0.3 is 5.11 Å². The SMILES string of the molecule is CC1=C(C(=O)O)C(=O)c2ccccc2C1=O. The number of rotatable bonds is 1. The van der Waals surface area contributed by atoms with Gasteiger partial charge in [-0.2, -0.15) is 0 Å². The van der Waals surface area contributed by atoms with E-state index < -0.39 is 23.1 Å². The second-order valence-electron chi connectivity index (χ2n) is 3.51. The van der Waals surface area contributed by atoms with Gasteiger partial charge in [0.2, 0.25) is 5.78 Å². The van der Waals surface area contributed by atoms with Gasteiger partial charge in [0, 0.05) is 16.7 Å². The summed E-state index contributed by atoms with van der Waals surface area (Å²) in [4.78, 5) is 34.5. The number of aliphatic carboxylic acids is 1. The Balaban J connectivity index is 2.73. The summed E-state index contributed by atoms with van der Waals surface area (Å²) in [5.74, 6) is -2.35. The summed E-state index contributed by atoms with van der Waals surface area (Å²) in [6.07, 6.45) is 0. The van der Waals surface area contributed by atoms with E-state index in [1.807, 2.05) is 0 Å². The Hall–Kier alpha value is -2.23. The maximum Gasteiger partial charge on any atom is 0.340 e. The molecule has 0 aliphatic heterocycles. The number of carboxylic acids is 1. The van der Waals surface area contributed by atoms with Crippen LogP contribution in [0.3, 0.4) is 0 Å². The molecular weight excluding hydrogens is 208 g/mol. The van der Waals surface area contributed by atoms with Crippen molar-refractivity contribution in [2.45, 2.75) is 6.92 Å². The number of allylic oxidation sites excluding steroid dienone is 1. The van der Waals surface area contributed by atoms with Gasteiger partial charge in [-0.05, 0) is 6.92 Å². The van der Waals surface area contributed by atoms with Gasteiger partial charge in [0.15, 0.2) is 5.78 Å². The molecule has 0 bridgehead atoms. The standard InChI is InChI=1S/C12H8O4/c1-6-9(12(15)16)11(14)8-5-3-2-4-7(8)10(6)13/h2-5H,1H3,(H,15,16). The Morgan fingerprint density at radius 3 is 2.06 bits per heavy atom. The number of fused-ring (bicyclic) bond motifs is 1. The quantitative estimate of drug-likeness (QED) is 0.721. The summed E-state index contributed by atoms with van der Waals surface area (Å²) in [5.41, 5.74) is 0.00500.